The fourth-order valence-corrected chi connectivity index (χ4v) is 3.26. The molecule has 2 aromatic carbocycles. The summed E-state index contributed by atoms with van der Waals surface area (Å²) >= 11 is 6.35. The van der Waals surface area contributed by atoms with Crippen LogP contribution in [0.1, 0.15) is 17.2 Å². The Morgan fingerprint density at radius 1 is 1.25 bits per heavy atom. The lowest BCUT2D eigenvalue weighted by molar-refractivity contribution is -0.385. The Hall–Kier alpha value is -2.57. The van der Waals surface area contributed by atoms with E-state index >= 15 is 0 Å². The molecule has 3 aromatic rings. The van der Waals surface area contributed by atoms with Gasteiger partial charge in [0.05, 0.1) is 16.0 Å². The maximum Gasteiger partial charge on any atom is 0.270 e. The van der Waals surface area contributed by atoms with Crippen molar-refractivity contribution in [3.05, 3.63) is 68.9 Å². The number of fused-ring (bicyclic) bond motifs is 1. The number of aromatic hydroxyl groups is 1. The van der Waals surface area contributed by atoms with Gasteiger partial charge < -0.3 is 10.1 Å². The minimum atomic E-state index is -0.474. The van der Waals surface area contributed by atoms with Crippen molar-refractivity contribution in [3.8, 4) is 5.75 Å². The molecule has 124 valence electrons. The van der Waals surface area contributed by atoms with Crippen molar-refractivity contribution in [1.29, 1.82) is 0 Å². The first-order chi connectivity index (χ1) is 11.4. The van der Waals surface area contributed by atoms with Crippen molar-refractivity contribution >= 4 is 28.2 Å². The molecule has 0 radical (unpaired) electrons. The first-order valence-electron chi connectivity index (χ1n) is 7.29. The van der Waals surface area contributed by atoms with Crippen molar-refractivity contribution in [3.63, 3.8) is 0 Å². The highest BCUT2D eigenvalue weighted by molar-refractivity contribution is 6.35. The number of nitrogens with one attached hydrogen (secondary N) is 1. The van der Waals surface area contributed by atoms with E-state index in [2.05, 4.69) is 4.98 Å². The zero-order valence-electron chi connectivity index (χ0n) is 13.2. The highest BCUT2D eigenvalue weighted by atomic mass is 35.5. The number of phenolic OH excluding ortho intramolecular Hbond substituents is 1. The second-order valence-corrected chi connectivity index (χ2v) is 6.18. The number of aromatic amines is 1. The summed E-state index contributed by atoms with van der Waals surface area (Å²) in [6.45, 7) is 0. The van der Waals surface area contributed by atoms with E-state index in [-0.39, 0.29) is 11.4 Å². The number of nitro benzene ring substituents is 1. The van der Waals surface area contributed by atoms with E-state index in [9.17, 15) is 15.2 Å². The third-order valence-electron chi connectivity index (χ3n) is 4.01. The van der Waals surface area contributed by atoms with Crippen LogP contribution in [-0.2, 0) is 0 Å². The van der Waals surface area contributed by atoms with Crippen molar-refractivity contribution < 1.29 is 10.0 Å². The Balaban J connectivity index is 2.25. The van der Waals surface area contributed by atoms with E-state index in [0.717, 1.165) is 16.5 Å². The molecule has 0 aliphatic carbocycles. The number of H-pyrrole nitrogens is 1. The molecule has 6 nitrogen and oxygen atoms in total. The fraction of sp³-hybridized carbons (Fsp3) is 0.176. The number of benzene rings is 2. The van der Waals surface area contributed by atoms with Gasteiger partial charge in [0.15, 0.2) is 0 Å². The number of nitro groups is 1. The van der Waals surface area contributed by atoms with Gasteiger partial charge in [0.2, 0.25) is 0 Å². The first kappa shape index (κ1) is 16.3. The molecule has 0 amide bonds. The fourth-order valence-electron chi connectivity index (χ4n) is 2.98. The van der Waals surface area contributed by atoms with Crippen LogP contribution in [0.5, 0.6) is 5.75 Å². The van der Waals surface area contributed by atoms with Gasteiger partial charge in [0.25, 0.3) is 5.69 Å². The average molecular weight is 346 g/mol. The predicted molar refractivity (Wildman–Crippen MR) is 93.6 cm³/mol. The van der Waals surface area contributed by atoms with Crippen LogP contribution in [0.4, 0.5) is 5.69 Å². The van der Waals surface area contributed by atoms with E-state index in [1.165, 1.54) is 18.2 Å². The Bertz CT molecular complexity index is 921. The third-order valence-corrected chi connectivity index (χ3v) is 4.33. The van der Waals surface area contributed by atoms with Crippen molar-refractivity contribution in [2.24, 2.45) is 0 Å². The molecule has 7 heteroatoms. The summed E-state index contributed by atoms with van der Waals surface area (Å²) < 4.78 is 0. The lowest BCUT2D eigenvalue weighted by Crippen LogP contribution is -2.21. The number of aromatic nitrogens is 1. The average Bonchev–Trinajstić information content (AvgIpc) is 2.94. The summed E-state index contributed by atoms with van der Waals surface area (Å²) in [6, 6.07) is 9.19. The smallest absolute Gasteiger partial charge is 0.270 e. The van der Waals surface area contributed by atoms with Gasteiger partial charge in [0.1, 0.15) is 5.75 Å². The Morgan fingerprint density at radius 2 is 2.00 bits per heavy atom. The standard InChI is InChI=1S/C17H16ClN3O3/c1-20(2)17(11-8-10(21(23)24)6-7-15(11)22)12-9-19-14-5-3-4-13(18)16(12)14/h3-9,17,19,22H,1-2H3. The molecule has 24 heavy (non-hydrogen) atoms. The highest BCUT2D eigenvalue weighted by Crippen LogP contribution is 2.40. The second kappa shape index (κ2) is 6.14. The van der Waals surface area contributed by atoms with Gasteiger partial charge in [0, 0.05) is 40.4 Å². The molecule has 1 atom stereocenters. The third kappa shape index (κ3) is 2.70. The summed E-state index contributed by atoms with van der Waals surface area (Å²) in [4.78, 5) is 15.7. The number of phenols is 1. The number of halogens is 1. The molecule has 1 heterocycles. The Labute approximate surface area is 143 Å². The van der Waals surface area contributed by atoms with Crippen LogP contribution >= 0.6 is 11.6 Å². The number of hydrogen-bond donors (Lipinski definition) is 2. The van der Waals surface area contributed by atoms with Crippen LogP contribution in [0.3, 0.4) is 0 Å². The van der Waals surface area contributed by atoms with Gasteiger partial charge in [-0.25, -0.2) is 0 Å². The van der Waals surface area contributed by atoms with Crippen LogP contribution in [0.2, 0.25) is 5.02 Å². The van der Waals surface area contributed by atoms with E-state index in [1.807, 2.05) is 37.3 Å². The number of nitrogens with zero attached hydrogens (tertiary/aromatic N) is 2. The first-order valence-corrected chi connectivity index (χ1v) is 7.67. The lowest BCUT2D eigenvalue weighted by Gasteiger charge is -2.25. The van der Waals surface area contributed by atoms with Gasteiger partial charge in [-0.05, 0) is 32.3 Å². The van der Waals surface area contributed by atoms with E-state index in [1.54, 1.807) is 6.07 Å². The highest BCUT2D eigenvalue weighted by Gasteiger charge is 2.25. The van der Waals surface area contributed by atoms with Gasteiger partial charge in [-0.2, -0.15) is 0 Å². The molecule has 3 rings (SSSR count). The molecule has 0 bridgehead atoms. The quantitative estimate of drug-likeness (QED) is 0.551. The van der Waals surface area contributed by atoms with Crippen molar-refractivity contribution in [1.82, 2.24) is 9.88 Å². The van der Waals surface area contributed by atoms with Crippen molar-refractivity contribution in [2.75, 3.05) is 14.1 Å². The molecule has 0 aliphatic heterocycles. The SMILES string of the molecule is CN(C)C(c1cc([N+](=O)[O-])ccc1O)c1c[nH]c2cccc(Cl)c12. The second-order valence-electron chi connectivity index (χ2n) is 5.77. The summed E-state index contributed by atoms with van der Waals surface area (Å²) in [7, 11) is 3.69. The zero-order chi connectivity index (χ0) is 17.4. The van der Waals surface area contributed by atoms with E-state index in [0.29, 0.717) is 10.6 Å². The summed E-state index contributed by atoms with van der Waals surface area (Å²) in [6.07, 6.45) is 1.82. The van der Waals surface area contributed by atoms with Crippen LogP contribution in [0.25, 0.3) is 10.9 Å². The molecular weight excluding hydrogens is 330 g/mol. The van der Waals surface area contributed by atoms with Crippen LogP contribution in [0.15, 0.2) is 42.6 Å². The van der Waals surface area contributed by atoms with Gasteiger partial charge in [-0.1, -0.05) is 17.7 Å². The largest absolute Gasteiger partial charge is 0.508 e. The van der Waals surface area contributed by atoms with Gasteiger partial charge in [-0.3, -0.25) is 15.0 Å². The van der Waals surface area contributed by atoms with E-state index in [4.69, 9.17) is 11.6 Å². The van der Waals surface area contributed by atoms with E-state index < -0.39 is 11.0 Å². The van der Waals surface area contributed by atoms with Crippen LogP contribution in [-0.4, -0.2) is 34.0 Å². The maximum atomic E-state index is 11.1. The Morgan fingerprint density at radius 3 is 2.67 bits per heavy atom. The predicted octanol–water partition coefficient (Wildman–Crippen LogP) is 4.09. The molecule has 0 spiro atoms. The molecule has 1 aromatic heterocycles. The summed E-state index contributed by atoms with van der Waals surface area (Å²) in [5.74, 6) is 0.000651. The normalized spacial score (nSPS) is 12.7. The number of non-ortho nitro benzene ring substituents is 1. The van der Waals surface area contributed by atoms with Gasteiger partial charge in [-0.15, -0.1) is 0 Å². The monoisotopic (exact) mass is 345 g/mol. The number of rotatable bonds is 4. The van der Waals surface area contributed by atoms with Crippen LogP contribution in [0, 0.1) is 10.1 Å². The molecule has 0 saturated carbocycles. The van der Waals surface area contributed by atoms with Crippen molar-refractivity contribution in [2.45, 2.75) is 6.04 Å². The molecule has 0 saturated heterocycles. The molecule has 1 unspecified atom stereocenters. The topological polar surface area (TPSA) is 82.4 Å². The minimum Gasteiger partial charge on any atom is -0.508 e. The molecule has 0 aliphatic rings. The molecular formula is C17H16ClN3O3. The maximum absolute atomic E-state index is 11.1. The molecule has 2 N–H and O–H groups in total. The minimum absolute atomic E-state index is 0.000651. The summed E-state index contributed by atoms with van der Waals surface area (Å²) in [5.41, 5.74) is 2.10. The van der Waals surface area contributed by atoms with Crippen LogP contribution < -0.4 is 0 Å². The lowest BCUT2D eigenvalue weighted by atomic mass is 9.96. The molecule has 0 fully saturated rings. The zero-order valence-corrected chi connectivity index (χ0v) is 13.9. The van der Waals surface area contributed by atoms with Gasteiger partial charge >= 0.3 is 0 Å². The Kier molecular flexibility index (Phi) is 4.17. The number of hydrogen-bond acceptors (Lipinski definition) is 4. The summed E-state index contributed by atoms with van der Waals surface area (Å²) in [5, 5.41) is 22.8.